The highest BCUT2D eigenvalue weighted by Crippen LogP contribution is 1.99. The second-order valence-corrected chi connectivity index (χ2v) is 3.12. The monoisotopic (exact) mass is 203 g/mol. The third-order valence-corrected chi connectivity index (χ3v) is 1.98. The summed E-state index contributed by atoms with van der Waals surface area (Å²) in [6.07, 6.45) is 7.15. The fourth-order valence-electron chi connectivity index (χ4n) is 1.21. The van der Waals surface area contributed by atoms with Gasteiger partial charge in [-0.2, -0.15) is 5.10 Å². The Balaban J connectivity index is 2.11. The molecule has 15 heavy (non-hydrogen) atoms. The number of aromatic nitrogens is 4. The quantitative estimate of drug-likeness (QED) is 0.797. The summed E-state index contributed by atoms with van der Waals surface area (Å²) in [6.45, 7) is 3.82. The van der Waals surface area contributed by atoms with E-state index in [-0.39, 0.29) is 0 Å². The predicted octanol–water partition coefficient (Wildman–Crippen LogP) is 0.772. The number of rotatable bonds is 4. The van der Waals surface area contributed by atoms with Crippen LogP contribution in [0.15, 0.2) is 30.9 Å². The van der Waals surface area contributed by atoms with E-state index in [9.17, 15) is 0 Å². The smallest absolute Gasteiger partial charge is 0.250 e. The molecule has 0 amide bonds. The molecule has 0 aromatic carbocycles. The first-order chi connectivity index (χ1) is 7.40. The Hall–Kier alpha value is -1.75. The van der Waals surface area contributed by atoms with Gasteiger partial charge in [0.1, 0.15) is 0 Å². The fraction of sp³-hybridized carbons (Fsp3) is 0.300. The van der Waals surface area contributed by atoms with Crippen molar-refractivity contribution >= 4 is 0 Å². The summed E-state index contributed by atoms with van der Waals surface area (Å²) in [5, 5.41) is 7.27. The fourth-order valence-corrected chi connectivity index (χ4v) is 1.21. The van der Waals surface area contributed by atoms with Gasteiger partial charge in [0.05, 0.1) is 0 Å². The van der Waals surface area contributed by atoms with E-state index >= 15 is 0 Å². The minimum Gasteiger partial charge on any atom is -0.313 e. The minimum atomic E-state index is 0.597. The standard InChI is InChI=1S/C10H13N5/c1-2-11-6-9-7-12-10(13-8-9)15-5-3-4-14-15/h3-5,7-8,11H,2,6H2,1H3. The van der Waals surface area contributed by atoms with Gasteiger partial charge in [0.2, 0.25) is 5.95 Å². The SMILES string of the molecule is CCNCc1cnc(-n2cccn2)nc1. The highest BCUT2D eigenvalue weighted by atomic mass is 15.3. The van der Waals surface area contributed by atoms with Crippen molar-refractivity contribution in [1.82, 2.24) is 25.1 Å². The van der Waals surface area contributed by atoms with Crippen LogP contribution < -0.4 is 5.32 Å². The van der Waals surface area contributed by atoms with Crippen LogP contribution in [0.1, 0.15) is 12.5 Å². The Morgan fingerprint density at radius 3 is 2.73 bits per heavy atom. The van der Waals surface area contributed by atoms with Crippen molar-refractivity contribution in [3.63, 3.8) is 0 Å². The van der Waals surface area contributed by atoms with E-state index < -0.39 is 0 Å². The van der Waals surface area contributed by atoms with Gasteiger partial charge in [-0.15, -0.1) is 0 Å². The van der Waals surface area contributed by atoms with Crippen molar-refractivity contribution < 1.29 is 0 Å². The predicted molar refractivity (Wildman–Crippen MR) is 56.5 cm³/mol. The molecule has 1 N–H and O–H groups in total. The lowest BCUT2D eigenvalue weighted by molar-refractivity contribution is 0.715. The largest absolute Gasteiger partial charge is 0.313 e. The molecular formula is C10H13N5. The van der Waals surface area contributed by atoms with Crippen molar-refractivity contribution in [1.29, 1.82) is 0 Å². The molecule has 78 valence electrons. The van der Waals surface area contributed by atoms with Crippen LogP contribution in [0.3, 0.4) is 0 Å². The van der Waals surface area contributed by atoms with Gasteiger partial charge in [-0.1, -0.05) is 6.92 Å². The zero-order chi connectivity index (χ0) is 10.5. The zero-order valence-corrected chi connectivity index (χ0v) is 8.59. The maximum Gasteiger partial charge on any atom is 0.250 e. The molecule has 0 fully saturated rings. The normalized spacial score (nSPS) is 10.5. The first-order valence-corrected chi connectivity index (χ1v) is 4.92. The van der Waals surface area contributed by atoms with Gasteiger partial charge in [0.15, 0.2) is 0 Å². The van der Waals surface area contributed by atoms with Crippen LogP contribution in [0.4, 0.5) is 0 Å². The van der Waals surface area contributed by atoms with E-state index in [2.05, 4.69) is 27.3 Å². The van der Waals surface area contributed by atoms with Crippen LogP contribution in [0, 0.1) is 0 Å². The van der Waals surface area contributed by atoms with Crippen LogP contribution >= 0.6 is 0 Å². The number of hydrogen-bond acceptors (Lipinski definition) is 4. The molecule has 0 unspecified atom stereocenters. The molecule has 0 saturated heterocycles. The summed E-state index contributed by atoms with van der Waals surface area (Å²) >= 11 is 0. The van der Waals surface area contributed by atoms with E-state index in [0.717, 1.165) is 18.7 Å². The Morgan fingerprint density at radius 1 is 1.33 bits per heavy atom. The van der Waals surface area contributed by atoms with Crippen molar-refractivity contribution in [3.8, 4) is 5.95 Å². The van der Waals surface area contributed by atoms with Gasteiger partial charge in [0.25, 0.3) is 0 Å². The third-order valence-electron chi connectivity index (χ3n) is 1.98. The highest BCUT2D eigenvalue weighted by molar-refractivity contribution is 5.13. The van der Waals surface area contributed by atoms with Crippen LogP contribution in [0.2, 0.25) is 0 Å². The molecule has 0 aliphatic heterocycles. The van der Waals surface area contributed by atoms with E-state index in [1.54, 1.807) is 10.9 Å². The number of hydrogen-bond donors (Lipinski definition) is 1. The Kier molecular flexibility index (Phi) is 3.04. The summed E-state index contributed by atoms with van der Waals surface area (Å²) in [4.78, 5) is 8.45. The molecule has 0 saturated carbocycles. The average molecular weight is 203 g/mol. The average Bonchev–Trinajstić information content (AvgIpc) is 2.80. The molecular weight excluding hydrogens is 190 g/mol. The van der Waals surface area contributed by atoms with Crippen molar-refractivity contribution in [2.75, 3.05) is 6.54 Å². The van der Waals surface area contributed by atoms with Gasteiger partial charge >= 0.3 is 0 Å². The second kappa shape index (κ2) is 4.65. The van der Waals surface area contributed by atoms with Crippen molar-refractivity contribution in [3.05, 3.63) is 36.4 Å². The molecule has 0 spiro atoms. The molecule has 0 aliphatic carbocycles. The summed E-state index contributed by atoms with van der Waals surface area (Å²) in [7, 11) is 0. The Bertz CT molecular complexity index is 392. The molecule has 5 heteroatoms. The summed E-state index contributed by atoms with van der Waals surface area (Å²) in [6, 6.07) is 1.84. The molecule has 2 aromatic heterocycles. The highest BCUT2D eigenvalue weighted by Gasteiger charge is 1.99. The van der Waals surface area contributed by atoms with Gasteiger partial charge in [-0.3, -0.25) is 0 Å². The maximum absolute atomic E-state index is 4.22. The van der Waals surface area contributed by atoms with Gasteiger partial charge in [0, 0.05) is 36.9 Å². The minimum absolute atomic E-state index is 0.597. The molecule has 0 atom stereocenters. The summed E-state index contributed by atoms with van der Waals surface area (Å²) in [5.74, 6) is 0.597. The molecule has 2 aromatic rings. The van der Waals surface area contributed by atoms with Gasteiger partial charge in [-0.05, 0) is 12.6 Å². The van der Waals surface area contributed by atoms with Gasteiger partial charge in [-0.25, -0.2) is 14.6 Å². The molecule has 2 heterocycles. The first-order valence-electron chi connectivity index (χ1n) is 4.92. The number of nitrogens with zero attached hydrogens (tertiary/aromatic N) is 4. The Labute approximate surface area is 88.2 Å². The van der Waals surface area contributed by atoms with E-state index in [1.807, 2.05) is 24.7 Å². The topological polar surface area (TPSA) is 55.6 Å². The lowest BCUT2D eigenvalue weighted by atomic mass is 10.3. The lowest BCUT2D eigenvalue weighted by Crippen LogP contribution is -2.12. The molecule has 2 rings (SSSR count). The molecule has 0 bridgehead atoms. The third kappa shape index (κ3) is 2.38. The molecule has 0 radical (unpaired) electrons. The molecule has 0 aliphatic rings. The van der Waals surface area contributed by atoms with Gasteiger partial charge < -0.3 is 5.32 Å². The lowest BCUT2D eigenvalue weighted by Gasteiger charge is -2.02. The van der Waals surface area contributed by atoms with Crippen LogP contribution in [0.5, 0.6) is 0 Å². The van der Waals surface area contributed by atoms with E-state index in [1.165, 1.54) is 0 Å². The van der Waals surface area contributed by atoms with Crippen LogP contribution in [-0.4, -0.2) is 26.3 Å². The van der Waals surface area contributed by atoms with Crippen molar-refractivity contribution in [2.45, 2.75) is 13.5 Å². The first kappa shape index (κ1) is 9.79. The Morgan fingerprint density at radius 2 is 2.13 bits per heavy atom. The van der Waals surface area contributed by atoms with E-state index in [4.69, 9.17) is 0 Å². The van der Waals surface area contributed by atoms with Crippen molar-refractivity contribution in [2.24, 2.45) is 0 Å². The van der Waals surface area contributed by atoms with E-state index in [0.29, 0.717) is 5.95 Å². The van der Waals surface area contributed by atoms with Crippen LogP contribution in [0.25, 0.3) is 5.95 Å². The zero-order valence-electron chi connectivity index (χ0n) is 8.59. The molecule has 5 nitrogen and oxygen atoms in total. The maximum atomic E-state index is 4.22. The second-order valence-electron chi connectivity index (χ2n) is 3.12. The number of nitrogens with one attached hydrogen (secondary N) is 1. The van der Waals surface area contributed by atoms with Crippen LogP contribution in [-0.2, 0) is 6.54 Å². The summed E-state index contributed by atoms with van der Waals surface area (Å²) in [5.41, 5.74) is 1.08. The summed E-state index contributed by atoms with van der Waals surface area (Å²) < 4.78 is 1.64.